The largest absolute Gasteiger partial charge is 0.462 e. The molecule has 11 atom stereocenters. The molecule has 2 aliphatic heterocycles. The Morgan fingerprint density at radius 3 is 1.19 bits per heavy atom. The van der Waals surface area contributed by atoms with Gasteiger partial charge < -0.3 is 64.2 Å². The molecule has 2 rings (SSSR count). The second kappa shape index (κ2) is 46.2. The molecule has 0 aliphatic carbocycles. The highest BCUT2D eigenvalue weighted by molar-refractivity contribution is 5.70. The molecule has 436 valence electrons. The van der Waals surface area contributed by atoms with Crippen LogP contribution in [0.15, 0.2) is 12.2 Å². The van der Waals surface area contributed by atoms with Crippen molar-refractivity contribution in [2.24, 2.45) is 0 Å². The van der Waals surface area contributed by atoms with Gasteiger partial charge in [-0.2, -0.15) is 0 Å². The Labute approximate surface area is 448 Å². The number of hydrogen-bond donors (Lipinski definition) is 7. The zero-order valence-electron chi connectivity index (χ0n) is 46.6. The van der Waals surface area contributed by atoms with Crippen molar-refractivity contribution in [3.05, 3.63) is 12.2 Å². The highest BCUT2D eigenvalue weighted by atomic mass is 16.7. The second-order valence-electron chi connectivity index (χ2n) is 21.5. The van der Waals surface area contributed by atoms with Gasteiger partial charge in [-0.05, 0) is 38.5 Å². The van der Waals surface area contributed by atoms with Gasteiger partial charge in [-0.25, -0.2) is 0 Å². The summed E-state index contributed by atoms with van der Waals surface area (Å²) in [7, 11) is 0. The predicted octanol–water partition coefficient (Wildman–Crippen LogP) is 10.5. The van der Waals surface area contributed by atoms with Gasteiger partial charge in [-0.15, -0.1) is 0 Å². The molecule has 15 nitrogen and oxygen atoms in total. The van der Waals surface area contributed by atoms with Gasteiger partial charge in [0.1, 0.15) is 55.4 Å². The van der Waals surface area contributed by atoms with Gasteiger partial charge >= 0.3 is 11.9 Å². The Morgan fingerprint density at radius 2 is 0.770 bits per heavy atom. The van der Waals surface area contributed by atoms with E-state index in [0.717, 1.165) is 57.8 Å². The molecule has 0 spiro atoms. The highest BCUT2D eigenvalue weighted by Crippen LogP contribution is 2.27. The summed E-state index contributed by atoms with van der Waals surface area (Å²) in [6.45, 7) is 2.63. The fourth-order valence-corrected chi connectivity index (χ4v) is 9.80. The lowest BCUT2D eigenvalue weighted by Crippen LogP contribution is -2.61. The van der Waals surface area contributed by atoms with Crippen LogP contribution >= 0.6 is 0 Å². The third-order valence-electron chi connectivity index (χ3n) is 14.7. The van der Waals surface area contributed by atoms with Crippen LogP contribution < -0.4 is 0 Å². The number of esters is 2. The molecule has 11 unspecified atom stereocenters. The molecule has 7 N–H and O–H groups in total. The molecule has 2 fully saturated rings. The number of hydrogen-bond acceptors (Lipinski definition) is 15. The van der Waals surface area contributed by atoms with E-state index in [1.54, 1.807) is 0 Å². The number of aliphatic hydroxyl groups is 7. The van der Waals surface area contributed by atoms with Gasteiger partial charge in [0, 0.05) is 12.8 Å². The lowest BCUT2D eigenvalue weighted by Gasteiger charge is -2.42. The van der Waals surface area contributed by atoms with Crippen molar-refractivity contribution in [1.29, 1.82) is 0 Å². The van der Waals surface area contributed by atoms with E-state index < -0.39 is 92.7 Å². The lowest BCUT2D eigenvalue weighted by molar-refractivity contribution is -0.332. The zero-order valence-corrected chi connectivity index (χ0v) is 46.6. The van der Waals surface area contributed by atoms with Gasteiger partial charge in [0.15, 0.2) is 18.7 Å². The normalized spacial score (nSPS) is 24.7. The molecule has 0 saturated carbocycles. The smallest absolute Gasteiger partial charge is 0.306 e. The summed E-state index contributed by atoms with van der Waals surface area (Å²) >= 11 is 0. The highest BCUT2D eigenvalue weighted by Gasteiger charge is 2.47. The molecule has 0 aromatic carbocycles. The third kappa shape index (κ3) is 32.9. The van der Waals surface area contributed by atoms with E-state index in [1.165, 1.54) is 161 Å². The Hall–Kier alpha value is -1.76. The van der Waals surface area contributed by atoms with Gasteiger partial charge in [-0.1, -0.05) is 219 Å². The standard InChI is InChI=1S/C59H110O15/c1-3-5-7-9-11-13-15-17-19-20-21-22-23-24-25-26-27-28-30-31-33-35-37-39-41-50(61)69-44-47(72-51(62)42-40-38-36-34-32-29-18-16-14-12-10-8-6-4-2)45-70-58-57(68)55(66)53(64)49(74-58)46-71-59-56(67)54(65)52(63)48(43-60)73-59/h16,18,47-49,52-60,63-68H,3-15,17,19-46H2,1-2H3/b18-16-. The molecular weight excluding hydrogens is 949 g/mol. The van der Waals surface area contributed by atoms with E-state index in [1.807, 2.05) is 0 Å². The van der Waals surface area contributed by atoms with Crippen molar-refractivity contribution in [3.63, 3.8) is 0 Å². The minimum Gasteiger partial charge on any atom is -0.462 e. The van der Waals surface area contributed by atoms with Gasteiger partial charge in [-0.3, -0.25) is 9.59 Å². The van der Waals surface area contributed by atoms with Crippen LogP contribution in [0.1, 0.15) is 258 Å². The number of carbonyl (C=O) groups is 2. The maximum Gasteiger partial charge on any atom is 0.306 e. The average Bonchev–Trinajstić information content (AvgIpc) is 3.39. The summed E-state index contributed by atoms with van der Waals surface area (Å²) < 4.78 is 33.7. The maximum absolute atomic E-state index is 13.0. The fourth-order valence-electron chi connectivity index (χ4n) is 9.80. The number of allylic oxidation sites excluding steroid dienone is 2. The zero-order chi connectivity index (χ0) is 53.9. The number of unbranched alkanes of at least 4 members (excludes halogenated alkanes) is 33. The maximum atomic E-state index is 13.0. The lowest BCUT2D eigenvalue weighted by atomic mass is 9.98. The predicted molar refractivity (Wildman–Crippen MR) is 289 cm³/mol. The van der Waals surface area contributed by atoms with Crippen LogP contribution in [0, 0.1) is 0 Å². The average molecular weight is 1060 g/mol. The molecule has 74 heavy (non-hydrogen) atoms. The van der Waals surface area contributed by atoms with Crippen molar-refractivity contribution in [2.45, 2.75) is 325 Å². The molecule has 0 amide bonds. The Kier molecular flexibility index (Phi) is 42.7. The van der Waals surface area contributed by atoms with Crippen LogP contribution in [0.5, 0.6) is 0 Å². The number of rotatable bonds is 49. The first kappa shape index (κ1) is 68.3. The van der Waals surface area contributed by atoms with Crippen molar-refractivity contribution < 1.29 is 73.8 Å². The van der Waals surface area contributed by atoms with Crippen molar-refractivity contribution in [3.8, 4) is 0 Å². The SMILES string of the molecule is CCCCCCC/C=C\CCCCCCCC(=O)OC(COC(=O)CCCCCCCCCCCCCCCCCCCCCCCCCC)COC1OC(COC2OC(CO)C(O)C(O)C2O)C(O)C(O)C1O. The van der Waals surface area contributed by atoms with E-state index in [4.69, 9.17) is 28.4 Å². The monoisotopic (exact) mass is 1060 g/mol. The summed E-state index contributed by atoms with van der Waals surface area (Å²) in [4.78, 5) is 25.9. The molecule has 0 aromatic rings. The van der Waals surface area contributed by atoms with E-state index >= 15 is 0 Å². The first-order valence-electron chi connectivity index (χ1n) is 30.3. The molecule has 0 bridgehead atoms. The summed E-state index contributed by atoms with van der Waals surface area (Å²) in [6, 6.07) is 0. The van der Waals surface area contributed by atoms with Crippen molar-refractivity contribution >= 4 is 11.9 Å². The van der Waals surface area contributed by atoms with Gasteiger partial charge in [0.25, 0.3) is 0 Å². The van der Waals surface area contributed by atoms with E-state index in [-0.39, 0.29) is 26.1 Å². The molecule has 2 heterocycles. The Bertz CT molecular complexity index is 1340. The first-order valence-corrected chi connectivity index (χ1v) is 30.3. The van der Waals surface area contributed by atoms with Crippen LogP contribution in [0.2, 0.25) is 0 Å². The Morgan fingerprint density at radius 1 is 0.419 bits per heavy atom. The fraction of sp³-hybridized carbons (Fsp3) is 0.932. The molecule has 0 aromatic heterocycles. The van der Waals surface area contributed by atoms with E-state index in [0.29, 0.717) is 12.8 Å². The third-order valence-corrected chi connectivity index (χ3v) is 14.7. The molecule has 2 aliphatic rings. The van der Waals surface area contributed by atoms with E-state index in [2.05, 4.69) is 26.0 Å². The van der Waals surface area contributed by atoms with Gasteiger partial charge in [0.2, 0.25) is 0 Å². The number of aliphatic hydroxyl groups excluding tert-OH is 7. The topological polar surface area (TPSA) is 231 Å². The summed E-state index contributed by atoms with van der Waals surface area (Å²) in [5, 5.41) is 72.3. The van der Waals surface area contributed by atoms with Crippen LogP contribution in [0.4, 0.5) is 0 Å². The second-order valence-corrected chi connectivity index (χ2v) is 21.5. The molecule has 15 heteroatoms. The first-order chi connectivity index (χ1) is 36.0. The van der Waals surface area contributed by atoms with Crippen LogP contribution in [-0.4, -0.2) is 142 Å². The minimum atomic E-state index is -1.76. The summed E-state index contributed by atoms with van der Waals surface area (Å²) in [5.74, 6) is -0.919. The molecule has 2 saturated heterocycles. The summed E-state index contributed by atoms with van der Waals surface area (Å²) in [6.07, 6.45) is 32.4. The van der Waals surface area contributed by atoms with Crippen molar-refractivity contribution in [1.82, 2.24) is 0 Å². The summed E-state index contributed by atoms with van der Waals surface area (Å²) in [5.41, 5.74) is 0. The van der Waals surface area contributed by atoms with Gasteiger partial charge in [0.05, 0.1) is 19.8 Å². The van der Waals surface area contributed by atoms with Crippen molar-refractivity contribution in [2.75, 3.05) is 26.4 Å². The Balaban J connectivity index is 1.70. The van der Waals surface area contributed by atoms with E-state index in [9.17, 15) is 45.3 Å². The number of ether oxygens (including phenoxy) is 6. The molecule has 0 radical (unpaired) electrons. The number of carbonyl (C=O) groups excluding carboxylic acids is 2. The van der Waals surface area contributed by atoms with Crippen LogP contribution in [0.3, 0.4) is 0 Å². The quantitative estimate of drug-likeness (QED) is 0.0171. The van der Waals surface area contributed by atoms with Crippen LogP contribution in [-0.2, 0) is 38.0 Å². The van der Waals surface area contributed by atoms with Crippen LogP contribution in [0.25, 0.3) is 0 Å². The molecular formula is C59H110O15. The minimum absolute atomic E-state index is 0.159.